The van der Waals surface area contributed by atoms with Gasteiger partial charge in [-0.1, -0.05) is 6.07 Å². The highest BCUT2D eigenvalue weighted by atomic mass is 16.5. The van der Waals surface area contributed by atoms with E-state index in [-0.39, 0.29) is 12.4 Å². The Morgan fingerprint density at radius 1 is 1.38 bits per heavy atom. The third-order valence-corrected chi connectivity index (χ3v) is 2.01. The van der Waals surface area contributed by atoms with Gasteiger partial charge in [0.25, 0.3) is 0 Å². The first-order chi connectivity index (χ1) is 7.71. The van der Waals surface area contributed by atoms with E-state index in [9.17, 15) is 4.79 Å². The Hall–Kier alpha value is -1.71. The predicted octanol–water partition coefficient (Wildman–Crippen LogP) is 1.85. The van der Waals surface area contributed by atoms with E-state index in [0.29, 0.717) is 18.1 Å². The predicted molar refractivity (Wildman–Crippen MR) is 58.3 cm³/mol. The highest BCUT2D eigenvalue weighted by molar-refractivity contribution is 5.72. The molecule has 1 aromatic rings. The van der Waals surface area contributed by atoms with E-state index in [1.165, 1.54) is 7.11 Å². The molecular formula is C12H14O4. The normalized spacial score (nSPS) is 9.69. The molecule has 1 aromatic carbocycles. The molecule has 16 heavy (non-hydrogen) atoms. The van der Waals surface area contributed by atoms with Crippen LogP contribution in [0.1, 0.15) is 12.5 Å². The van der Waals surface area contributed by atoms with Crippen molar-refractivity contribution in [1.82, 2.24) is 0 Å². The molecule has 0 aromatic heterocycles. The van der Waals surface area contributed by atoms with E-state index < -0.39 is 0 Å². The molecule has 86 valence electrons. The van der Waals surface area contributed by atoms with E-state index in [1.54, 1.807) is 25.1 Å². The van der Waals surface area contributed by atoms with Gasteiger partial charge in [-0.2, -0.15) is 0 Å². The van der Waals surface area contributed by atoms with Crippen molar-refractivity contribution in [3.8, 4) is 11.5 Å². The first-order valence-corrected chi connectivity index (χ1v) is 4.90. The lowest BCUT2D eigenvalue weighted by Crippen LogP contribution is -2.07. The highest BCUT2D eigenvalue weighted by Gasteiger charge is 2.08. The van der Waals surface area contributed by atoms with Crippen LogP contribution in [0.2, 0.25) is 0 Å². The summed E-state index contributed by atoms with van der Waals surface area (Å²) in [6.45, 7) is 2.14. The molecule has 0 spiro atoms. The standard InChI is InChI=1S/C12H14O4/c1-4-16-12(13)8-9-5-6-10(14-2)11(7-9)15-3/h2,5-7H,4,8H2,1,3H3. The van der Waals surface area contributed by atoms with Gasteiger partial charge in [0.15, 0.2) is 18.6 Å². The summed E-state index contributed by atoms with van der Waals surface area (Å²) < 4.78 is 14.5. The first kappa shape index (κ1) is 12.4. The number of hydrogen-bond acceptors (Lipinski definition) is 4. The van der Waals surface area contributed by atoms with Crippen molar-refractivity contribution in [1.29, 1.82) is 0 Å². The summed E-state index contributed by atoms with van der Waals surface area (Å²) in [5.74, 6) is 0.644. The SMILES string of the molecule is [CH]Oc1ccc(CC(=O)OCC)cc1OC. The topological polar surface area (TPSA) is 44.8 Å². The summed E-state index contributed by atoms with van der Waals surface area (Å²) in [4.78, 5) is 11.2. The third-order valence-electron chi connectivity index (χ3n) is 2.01. The zero-order valence-electron chi connectivity index (χ0n) is 9.36. The zero-order valence-corrected chi connectivity index (χ0v) is 9.36. The van der Waals surface area contributed by atoms with Crippen LogP contribution in [0.15, 0.2) is 18.2 Å². The number of ether oxygens (including phenoxy) is 3. The average molecular weight is 222 g/mol. The Morgan fingerprint density at radius 3 is 2.69 bits per heavy atom. The summed E-state index contributed by atoms with van der Waals surface area (Å²) in [6.07, 6.45) is 0.203. The van der Waals surface area contributed by atoms with E-state index in [0.717, 1.165) is 5.56 Å². The van der Waals surface area contributed by atoms with Crippen LogP contribution in [0.5, 0.6) is 11.5 Å². The van der Waals surface area contributed by atoms with E-state index in [2.05, 4.69) is 4.74 Å². The van der Waals surface area contributed by atoms with Gasteiger partial charge in [-0.05, 0) is 24.6 Å². The zero-order chi connectivity index (χ0) is 12.0. The maximum absolute atomic E-state index is 11.2. The van der Waals surface area contributed by atoms with Crippen LogP contribution >= 0.6 is 0 Å². The van der Waals surface area contributed by atoms with Gasteiger partial charge >= 0.3 is 5.97 Å². The molecule has 4 nitrogen and oxygen atoms in total. The lowest BCUT2D eigenvalue weighted by molar-refractivity contribution is -0.142. The number of esters is 1. The second kappa shape index (κ2) is 6.00. The quantitative estimate of drug-likeness (QED) is 0.713. The lowest BCUT2D eigenvalue weighted by atomic mass is 10.1. The minimum Gasteiger partial charge on any atom is -0.493 e. The first-order valence-electron chi connectivity index (χ1n) is 4.90. The van der Waals surface area contributed by atoms with Crippen LogP contribution in [0, 0.1) is 7.11 Å². The number of benzene rings is 1. The Morgan fingerprint density at radius 2 is 2.12 bits per heavy atom. The molecule has 1 rings (SSSR count). The summed E-state index contributed by atoms with van der Waals surface area (Å²) in [7, 11) is 6.56. The van der Waals surface area contributed by atoms with Gasteiger partial charge < -0.3 is 14.2 Å². The Balaban J connectivity index is 2.78. The van der Waals surface area contributed by atoms with Gasteiger partial charge in [0, 0.05) is 0 Å². The van der Waals surface area contributed by atoms with Crippen molar-refractivity contribution < 1.29 is 19.0 Å². The molecule has 0 heterocycles. The van der Waals surface area contributed by atoms with Crippen LogP contribution in [0.4, 0.5) is 0 Å². The molecule has 0 unspecified atom stereocenters. The fourth-order valence-corrected chi connectivity index (χ4v) is 1.30. The molecule has 0 bridgehead atoms. The van der Waals surface area contributed by atoms with Crippen molar-refractivity contribution in [2.24, 2.45) is 0 Å². The van der Waals surface area contributed by atoms with Crippen LogP contribution in [-0.4, -0.2) is 19.7 Å². The van der Waals surface area contributed by atoms with Gasteiger partial charge in [0.05, 0.1) is 20.1 Å². The van der Waals surface area contributed by atoms with Crippen LogP contribution in [0.25, 0.3) is 0 Å². The maximum atomic E-state index is 11.2. The average Bonchev–Trinajstić information content (AvgIpc) is 2.29. The third kappa shape index (κ3) is 3.15. The van der Waals surface area contributed by atoms with Crippen LogP contribution in [0.3, 0.4) is 0 Å². The molecule has 0 N–H and O–H groups in total. The van der Waals surface area contributed by atoms with Crippen molar-refractivity contribution in [2.45, 2.75) is 13.3 Å². The van der Waals surface area contributed by atoms with Crippen LogP contribution in [-0.2, 0) is 16.0 Å². The molecule has 4 heteroatoms. The Labute approximate surface area is 95.1 Å². The van der Waals surface area contributed by atoms with Gasteiger partial charge in [-0.3, -0.25) is 4.79 Å². The van der Waals surface area contributed by atoms with Crippen molar-refractivity contribution in [2.75, 3.05) is 13.7 Å². The van der Waals surface area contributed by atoms with Crippen LogP contribution < -0.4 is 9.47 Å². The molecule has 0 aliphatic carbocycles. The molecule has 0 saturated heterocycles. The van der Waals surface area contributed by atoms with Crippen molar-refractivity contribution >= 4 is 5.97 Å². The number of carbonyl (C=O) groups excluding carboxylic acids is 1. The van der Waals surface area contributed by atoms with Gasteiger partial charge in [0.2, 0.25) is 0 Å². The van der Waals surface area contributed by atoms with Gasteiger partial charge in [-0.15, -0.1) is 0 Å². The number of carbonyl (C=O) groups is 1. The summed E-state index contributed by atoms with van der Waals surface area (Å²) >= 11 is 0. The Kier molecular flexibility index (Phi) is 4.64. The maximum Gasteiger partial charge on any atom is 0.310 e. The number of rotatable bonds is 5. The second-order valence-corrected chi connectivity index (χ2v) is 3.08. The van der Waals surface area contributed by atoms with Gasteiger partial charge in [0.1, 0.15) is 0 Å². The van der Waals surface area contributed by atoms with Crippen molar-refractivity contribution in [3.05, 3.63) is 30.9 Å². The fraction of sp³-hybridized carbons (Fsp3) is 0.333. The van der Waals surface area contributed by atoms with E-state index in [1.807, 2.05) is 0 Å². The molecule has 2 radical (unpaired) electrons. The fourth-order valence-electron chi connectivity index (χ4n) is 1.30. The molecule has 0 fully saturated rings. The Bertz CT molecular complexity index is 360. The summed E-state index contributed by atoms with van der Waals surface area (Å²) in [5.41, 5.74) is 0.788. The van der Waals surface area contributed by atoms with Crippen molar-refractivity contribution in [3.63, 3.8) is 0 Å². The molecule has 0 aliphatic rings. The largest absolute Gasteiger partial charge is 0.493 e. The molecule has 0 saturated carbocycles. The molecular weight excluding hydrogens is 208 g/mol. The molecule has 0 aliphatic heterocycles. The smallest absolute Gasteiger partial charge is 0.310 e. The number of methoxy groups -OCH3 is 1. The summed E-state index contributed by atoms with van der Waals surface area (Å²) in [5, 5.41) is 0. The second-order valence-electron chi connectivity index (χ2n) is 3.08. The highest BCUT2D eigenvalue weighted by Crippen LogP contribution is 2.27. The van der Waals surface area contributed by atoms with E-state index in [4.69, 9.17) is 16.6 Å². The minimum atomic E-state index is -0.272. The molecule has 0 amide bonds. The van der Waals surface area contributed by atoms with E-state index >= 15 is 0 Å². The lowest BCUT2D eigenvalue weighted by Gasteiger charge is -2.08. The monoisotopic (exact) mass is 222 g/mol. The number of hydrogen-bond donors (Lipinski definition) is 0. The molecule has 0 atom stereocenters. The van der Waals surface area contributed by atoms with Gasteiger partial charge in [-0.25, -0.2) is 0 Å². The summed E-state index contributed by atoms with van der Waals surface area (Å²) in [6, 6.07) is 5.08. The minimum absolute atomic E-state index is 0.203.